The van der Waals surface area contributed by atoms with Crippen molar-refractivity contribution in [3.05, 3.63) is 188 Å². The quantitative estimate of drug-likeness (QED) is 0.175. The number of benzene rings is 9. The highest BCUT2D eigenvalue weighted by atomic mass is 32.1. The second-order valence-corrected chi connectivity index (χ2v) is 16.6. The second kappa shape index (κ2) is 12.4. The van der Waals surface area contributed by atoms with Gasteiger partial charge >= 0.3 is 0 Å². The summed E-state index contributed by atoms with van der Waals surface area (Å²) in [6.07, 6.45) is 0. The third-order valence-corrected chi connectivity index (χ3v) is 13.4. The highest BCUT2D eigenvalue weighted by Crippen LogP contribution is 2.43. The van der Waals surface area contributed by atoms with Gasteiger partial charge < -0.3 is 4.90 Å². The van der Waals surface area contributed by atoms with Crippen molar-refractivity contribution in [3.63, 3.8) is 0 Å². The molecule has 0 aliphatic heterocycles. The van der Waals surface area contributed by atoms with Crippen LogP contribution in [0.2, 0.25) is 0 Å². The zero-order valence-corrected chi connectivity index (χ0v) is 31.7. The van der Waals surface area contributed by atoms with Crippen molar-refractivity contribution in [1.82, 2.24) is 9.55 Å². The van der Waals surface area contributed by atoms with E-state index in [2.05, 4.69) is 198 Å². The van der Waals surface area contributed by atoms with Gasteiger partial charge in [0.1, 0.15) is 5.82 Å². The summed E-state index contributed by atoms with van der Waals surface area (Å²) < 4.78 is 7.55. The Morgan fingerprint density at radius 1 is 0.393 bits per heavy atom. The van der Waals surface area contributed by atoms with Gasteiger partial charge in [0.25, 0.3) is 0 Å². The van der Waals surface area contributed by atoms with Crippen LogP contribution in [0.25, 0.3) is 90.0 Å². The van der Waals surface area contributed by atoms with Gasteiger partial charge in [-0.05, 0) is 131 Å². The first-order valence-corrected chi connectivity index (χ1v) is 20.5. The average molecular weight is 750 g/mol. The Morgan fingerprint density at radius 3 is 1.55 bits per heavy atom. The first-order chi connectivity index (χ1) is 27.7. The second-order valence-electron chi connectivity index (χ2n) is 14.4. The number of fused-ring (bicyclic) bond motifs is 9. The number of thiophene rings is 2. The molecule has 9 aromatic carbocycles. The summed E-state index contributed by atoms with van der Waals surface area (Å²) >= 11 is 3.73. The van der Waals surface area contributed by atoms with E-state index in [0.717, 1.165) is 45.2 Å². The Morgan fingerprint density at radius 2 is 0.929 bits per heavy atom. The van der Waals surface area contributed by atoms with E-state index in [-0.39, 0.29) is 0 Å². The van der Waals surface area contributed by atoms with E-state index in [9.17, 15) is 0 Å². The molecule has 5 heteroatoms. The summed E-state index contributed by atoms with van der Waals surface area (Å²) in [7, 11) is 0. The average Bonchev–Trinajstić information content (AvgIpc) is 3.93. The van der Waals surface area contributed by atoms with Crippen LogP contribution in [0.15, 0.2) is 188 Å². The van der Waals surface area contributed by atoms with E-state index in [1.165, 1.54) is 61.9 Å². The number of hydrogen-bond donors (Lipinski definition) is 0. The number of anilines is 3. The molecule has 262 valence electrons. The van der Waals surface area contributed by atoms with Gasteiger partial charge in [0.2, 0.25) is 0 Å². The van der Waals surface area contributed by atoms with Crippen molar-refractivity contribution in [2.24, 2.45) is 0 Å². The Hall–Kier alpha value is -6.79. The van der Waals surface area contributed by atoms with Crippen LogP contribution in [-0.2, 0) is 0 Å². The van der Waals surface area contributed by atoms with Crippen molar-refractivity contribution in [2.75, 3.05) is 4.90 Å². The van der Waals surface area contributed by atoms with Crippen LogP contribution in [0.3, 0.4) is 0 Å². The molecule has 0 fully saturated rings. The lowest BCUT2D eigenvalue weighted by Gasteiger charge is -2.26. The molecule has 0 amide bonds. The minimum Gasteiger partial charge on any atom is -0.310 e. The van der Waals surface area contributed by atoms with Crippen LogP contribution in [0.4, 0.5) is 17.1 Å². The van der Waals surface area contributed by atoms with Crippen LogP contribution < -0.4 is 4.90 Å². The molecule has 3 heterocycles. The minimum atomic E-state index is 0.922. The summed E-state index contributed by atoms with van der Waals surface area (Å²) in [6.45, 7) is 0. The standard InChI is InChI=1S/C51H31N3S2/c1-2-10-37(11-3-1)54-46-15-7-6-14-45(46)52-51(54)32-18-22-38(23-19-32)53(39-24-20-33-30-49-43(28-35(33)26-39)41-12-4-8-16-47(41)55-49)40-25-21-34-31-50-44(29-36(34)27-40)42-13-5-9-17-48(42)56-50/h1-31H. The smallest absolute Gasteiger partial charge is 0.145 e. The number of para-hydroxylation sites is 3. The van der Waals surface area contributed by atoms with Crippen molar-refractivity contribution in [3.8, 4) is 17.1 Å². The lowest BCUT2D eigenvalue weighted by Crippen LogP contribution is -2.10. The van der Waals surface area contributed by atoms with Crippen molar-refractivity contribution in [2.45, 2.75) is 0 Å². The lowest BCUT2D eigenvalue weighted by atomic mass is 10.0. The van der Waals surface area contributed by atoms with Crippen molar-refractivity contribution >= 4 is 113 Å². The predicted octanol–water partition coefficient (Wildman–Crippen LogP) is 15.2. The van der Waals surface area contributed by atoms with Gasteiger partial charge in [-0.15, -0.1) is 22.7 Å². The lowest BCUT2D eigenvalue weighted by molar-refractivity contribution is 1.10. The van der Waals surface area contributed by atoms with E-state index in [1.807, 2.05) is 22.7 Å². The zero-order chi connectivity index (χ0) is 36.7. The monoisotopic (exact) mass is 749 g/mol. The number of imidazole rings is 1. The van der Waals surface area contributed by atoms with Crippen LogP contribution in [0.1, 0.15) is 0 Å². The van der Waals surface area contributed by atoms with Gasteiger partial charge in [0.05, 0.1) is 11.0 Å². The first kappa shape index (κ1) is 31.5. The number of rotatable bonds is 5. The van der Waals surface area contributed by atoms with Crippen LogP contribution in [0.5, 0.6) is 0 Å². The summed E-state index contributed by atoms with van der Waals surface area (Å²) in [6, 6.07) is 68.5. The molecule has 3 aromatic heterocycles. The molecule has 0 unspecified atom stereocenters. The molecule has 0 saturated heterocycles. The van der Waals surface area contributed by atoms with Gasteiger partial charge in [-0.3, -0.25) is 4.57 Å². The first-order valence-electron chi connectivity index (χ1n) is 18.9. The van der Waals surface area contributed by atoms with Crippen molar-refractivity contribution in [1.29, 1.82) is 0 Å². The molecule has 12 aromatic rings. The maximum absolute atomic E-state index is 5.15. The Kier molecular flexibility index (Phi) is 6.97. The third-order valence-electron chi connectivity index (χ3n) is 11.1. The summed E-state index contributed by atoms with van der Waals surface area (Å²) in [5.74, 6) is 0.922. The maximum atomic E-state index is 5.15. The highest BCUT2D eigenvalue weighted by Gasteiger charge is 2.18. The van der Waals surface area contributed by atoms with Crippen molar-refractivity contribution < 1.29 is 0 Å². The van der Waals surface area contributed by atoms with Crippen LogP contribution in [-0.4, -0.2) is 9.55 Å². The van der Waals surface area contributed by atoms with E-state index >= 15 is 0 Å². The summed E-state index contributed by atoms with van der Waals surface area (Å²) in [5, 5.41) is 10.2. The molecule has 0 N–H and O–H groups in total. The molecule has 0 aliphatic carbocycles. The normalized spacial score (nSPS) is 11.9. The summed E-state index contributed by atoms with van der Waals surface area (Å²) in [4.78, 5) is 7.55. The van der Waals surface area contributed by atoms with Crippen LogP contribution in [0, 0.1) is 0 Å². The molecule has 12 rings (SSSR count). The minimum absolute atomic E-state index is 0.922. The zero-order valence-electron chi connectivity index (χ0n) is 30.1. The molecule has 0 saturated carbocycles. The molecular weight excluding hydrogens is 719 g/mol. The molecule has 3 nitrogen and oxygen atoms in total. The van der Waals surface area contributed by atoms with E-state index < -0.39 is 0 Å². The Balaban J connectivity index is 1.04. The number of nitrogens with zero attached hydrogens (tertiary/aromatic N) is 3. The van der Waals surface area contributed by atoms with Gasteiger partial charge in [-0.25, -0.2) is 4.98 Å². The van der Waals surface area contributed by atoms with E-state index in [0.29, 0.717) is 0 Å². The van der Waals surface area contributed by atoms with E-state index in [4.69, 9.17) is 4.98 Å². The molecule has 56 heavy (non-hydrogen) atoms. The highest BCUT2D eigenvalue weighted by molar-refractivity contribution is 7.26. The fourth-order valence-electron chi connectivity index (χ4n) is 8.45. The fraction of sp³-hybridized carbons (Fsp3) is 0. The SMILES string of the molecule is c1ccc(-n2c(-c3ccc(N(c4ccc5cc6sc7ccccc7c6cc5c4)c4ccc5cc6sc7ccccc7c6cc5c4)cc3)nc3ccccc32)cc1. The molecule has 0 aliphatic rings. The predicted molar refractivity (Wildman–Crippen MR) is 242 cm³/mol. The van der Waals surface area contributed by atoms with Gasteiger partial charge in [0, 0.05) is 68.7 Å². The number of hydrogen-bond acceptors (Lipinski definition) is 4. The third kappa shape index (κ3) is 4.98. The topological polar surface area (TPSA) is 21.1 Å². The Bertz CT molecular complexity index is 3330. The van der Waals surface area contributed by atoms with Gasteiger partial charge in [0.15, 0.2) is 0 Å². The largest absolute Gasteiger partial charge is 0.310 e. The molecular formula is C51H31N3S2. The maximum Gasteiger partial charge on any atom is 0.145 e. The fourth-order valence-corrected chi connectivity index (χ4v) is 10.7. The summed E-state index contributed by atoms with van der Waals surface area (Å²) in [5.41, 5.74) is 7.53. The van der Waals surface area contributed by atoms with Gasteiger partial charge in [-0.2, -0.15) is 0 Å². The van der Waals surface area contributed by atoms with Crippen LogP contribution >= 0.6 is 22.7 Å². The Labute approximate surface area is 330 Å². The molecule has 0 spiro atoms. The number of aromatic nitrogens is 2. The molecule has 0 bridgehead atoms. The van der Waals surface area contributed by atoms with Gasteiger partial charge in [-0.1, -0.05) is 78.9 Å². The molecule has 0 radical (unpaired) electrons. The van der Waals surface area contributed by atoms with E-state index in [1.54, 1.807) is 0 Å². The molecule has 0 atom stereocenters.